The van der Waals surface area contributed by atoms with Crippen molar-refractivity contribution >= 4 is 29.5 Å². The van der Waals surface area contributed by atoms with Gasteiger partial charge in [-0.15, -0.1) is 0 Å². The van der Waals surface area contributed by atoms with Crippen molar-refractivity contribution in [3.63, 3.8) is 0 Å². The summed E-state index contributed by atoms with van der Waals surface area (Å²) in [6.07, 6.45) is -0.211. The second-order valence-corrected chi connectivity index (χ2v) is 12.2. The minimum atomic E-state index is -1.03. The molecular formula is C34H45N5O7. The summed E-state index contributed by atoms with van der Waals surface area (Å²) in [7, 11) is 0. The molecule has 2 saturated heterocycles. The molecule has 0 spiro atoms. The van der Waals surface area contributed by atoms with E-state index in [0.29, 0.717) is 12.2 Å². The van der Waals surface area contributed by atoms with Gasteiger partial charge < -0.3 is 35.6 Å². The number of aryl methyl sites for hydroxylation is 2. The highest BCUT2D eigenvalue weighted by Gasteiger charge is 2.43. The molecule has 12 heteroatoms. The van der Waals surface area contributed by atoms with Gasteiger partial charge in [-0.25, -0.2) is 0 Å². The quantitative estimate of drug-likeness (QED) is 0.352. The summed E-state index contributed by atoms with van der Waals surface area (Å²) in [5, 5.41) is 18.9. The number of hydrogen-bond donors (Lipinski definition) is 4. The molecule has 2 aromatic rings. The number of nitrogens with one attached hydrogen (secondary N) is 3. The molecule has 2 aliphatic heterocycles. The summed E-state index contributed by atoms with van der Waals surface area (Å²) in [4.78, 5) is 70.3. The maximum absolute atomic E-state index is 13.9. The van der Waals surface area contributed by atoms with E-state index in [1.54, 1.807) is 6.07 Å². The number of fused-ring (bicyclic) bond motifs is 1. The molecule has 2 aromatic carbocycles. The van der Waals surface area contributed by atoms with E-state index in [0.717, 1.165) is 16.7 Å². The van der Waals surface area contributed by atoms with Gasteiger partial charge in [0.25, 0.3) is 5.91 Å². The van der Waals surface area contributed by atoms with Crippen molar-refractivity contribution in [3.8, 4) is 5.75 Å². The zero-order valence-electron chi connectivity index (χ0n) is 27.0. The van der Waals surface area contributed by atoms with Crippen LogP contribution in [0.3, 0.4) is 0 Å². The molecule has 2 fully saturated rings. The van der Waals surface area contributed by atoms with Crippen LogP contribution in [0.4, 0.5) is 0 Å². The monoisotopic (exact) mass is 635 g/mol. The molecule has 12 nitrogen and oxygen atoms in total. The predicted octanol–water partition coefficient (Wildman–Crippen LogP) is 0.861. The highest BCUT2D eigenvalue weighted by atomic mass is 16.5. The number of amides is 5. The second-order valence-electron chi connectivity index (χ2n) is 12.2. The predicted molar refractivity (Wildman–Crippen MR) is 171 cm³/mol. The Labute approximate surface area is 269 Å². The SMILES string of the molecule is CC[C@H](C)[C@@H]1NC(=O)CN(C(=O)COc2ccc(C)c(C)c2)CCNC(=O)[C@H](Cc2ccccc2)NC(=O)[C@@H]2C[C@@H](O)CN2C1=O. The maximum Gasteiger partial charge on any atom is 0.261 e. The van der Waals surface area contributed by atoms with Crippen molar-refractivity contribution < 1.29 is 33.8 Å². The molecule has 0 bridgehead atoms. The van der Waals surface area contributed by atoms with Crippen molar-refractivity contribution in [2.45, 2.75) is 71.2 Å². The lowest BCUT2D eigenvalue weighted by atomic mass is 9.97. The summed E-state index contributed by atoms with van der Waals surface area (Å²) in [5.41, 5.74) is 2.90. The van der Waals surface area contributed by atoms with Gasteiger partial charge in [0.1, 0.15) is 23.9 Å². The standard InChI is InChI=1S/C34H45N5O7/c1-5-21(2)31-34(45)39-18-25(40)17-28(39)33(44)36-27(16-24-9-7-6-8-10-24)32(43)35-13-14-38(19-29(41)37-31)30(42)20-46-26-12-11-22(3)23(4)15-26/h6-12,15,21,25,27-28,31,40H,5,13-14,16-20H2,1-4H3,(H,35,43)(H,36,44)(H,37,41)/t21-,25+,27-,28-,31-/m0/s1. The highest BCUT2D eigenvalue weighted by Crippen LogP contribution is 2.23. The van der Waals surface area contributed by atoms with E-state index in [4.69, 9.17) is 4.74 Å². The molecule has 0 aromatic heterocycles. The summed E-state index contributed by atoms with van der Waals surface area (Å²) in [6.45, 7) is 6.81. The minimum absolute atomic E-state index is 0.00120. The molecule has 4 N–H and O–H groups in total. The zero-order chi connectivity index (χ0) is 33.4. The molecule has 4 rings (SSSR count). The Morgan fingerprint density at radius 2 is 1.76 bits per heavy atom. The van der Waals surface area contributed by atoms with Gasteiger partial charge in [0, 0.05) is 32.5 Å². The number of carbonyl (C=O) groups excluding carboxylic acids is 5. The van der Waals surface area contributed by atoms with Crippen LogP contribution >= 0.6 is 0 Å². The Hall–Kier alpha value is -4.45. The molecule has 5 atom stereocenters. The summed E-state index contributed by atoms with van der Waals surface area (Å²) < 4.78 is 5.74. The minimum Gasteiger partial charge on any atom is -0.484 e. The normalized spacial score (nSPS) is 23.8. The summed E-state index contributed by atoms with van der Waals surface area (Å²) in [6, 6.07) is 11.7. The number of benzene rings is 2. The fourth-order valence-electron chi connectivity index (χ4n) is 5.66. The van der Waals surface area contributed by atoms with Crippen molar-refractivity contribution in [1.82, 2.24) is 25.8 Å². The first kappa shape index (κ1) is 34.4. The number of ether oxygens (including phenoxy) is 1. The van der Waals surface area contributed by atoms with Crippen molar-refractivity contribution in [1.29, 1.82) is 0 Å². The van der Waals surface area contributed by atoms with Crippen LogP contribution in [0.1, 0.15) is 43.4 Å². The third kappa shape index (κ3) is 8.84. The second kappa shape index (κ2) is 15.7. The molecule has 2 aliphatic rings. The van der Waals surface area contributed by atoms with Crippen LogP contribution < -0.4 is 20.7 Å². The molecule has 2 heterocycles. The van der Waals surface area contributed by atoms with E-state index in [9.17, 15) is 29.1 Å². The van der Waals surface area contributed by atoms with Gasteiger partial charge in [0.2, 0.25) is 23.6 Å². The zero-order valence-corrected chi connectivity index (χ0v) is 27.0. The van der Waals surface area contributed by atoms with Crippen LogP contribution in [0, 0.1) is 19.8 Å². The van der Waals surface area contributed by atoms with E-state index in [-0.39, 0.29) is 51.5 Å². The molecule has 0 unspecified atom stereocenters. The Kier molecular flexibility index (Phi) is 11.8. The van der Waals surface area contributed by atoms with E-state index < -0.39 is 53.8 Å². The van der Waals surface area contributed by atoms with Gasteiger partial charge >= 0.3 is 0 Å². The largest absolute Gasteiger partial charge is 0.484 e. The lowest BCUT2D eigenvalue weighted by Gasteiger charge is -2.32. The number of carbonyl (C=O) groups is 5. The summed E-state index contributed by atoms with van der Waals surface area (Å²) in [5.74, 6) is -2.39. The average molecular weight is 636 g/mol. The molecule has 0 radical (unpaired) electrons. The van der Waals surface area contributed by atoms with E-state index in [2.05, 4.69) is 16.0 Å². The number of hydrogen-bond acceptors (Lipinski definition) is 7. The lowest BCUT2D eigenvalue weighted by molar-refractivity contribution is -0.144. The third-order valence-corrected chi connectivity index (χ3v) is 8.78. The average Bonchev–Trinajstić information content (AvgIpc) is 3.44. The van der Waals surface area contributed by atoms with E-state index in [1.807, 2.05) is 70.2 Å². The topological polar surface area (TPSA) is 157 Å². The number of aliphatic hydroxyl groups is 1. The first-order valence-corrected chi connectivity index (χ1v) is 15.8. The highest BCUT2D eigenvalue weighted by molar-refractivity contribution is 5.95. The van der Waals surface area contributed by atoms with Crippen LogP contribution in [0.2, 0.25) is 0 Å². The Bertz CT molecular complexity index is 1420. The van der Waals surface area contributed by atoms with E-state index in [1.165, 1.54) is 9.80 Å². The Morgan fingerprint density at radius 1 is 1.02 bits per heavy atom. The fourth-order valence-corrected chi connectivity index (χ4v) is 5.66. The molecular weight excluding hydrogens is 590 g/mol. The number of aliphatic hydroxyl groups excluding tert-OH is 1. The lowest BCUT2D eigenvalue weighted by Crippen LogP contribution is -2.58. The fraction of sp³-hybridized carbons (Fsp3) is 0.500. The molecule has 248 valence electrons. The van der Waals surface area contributed by atoms with Crippen molar-refractivity contribution in [3.05, 3.63) is 65.2 Å². The molecule has 46 heavy (non-hydrogen) atoms. The third-order valence-electron chi connectivity index (χ3n) is 8.78. The molecule has 0 aliphatic carbocycles. The maximum atomic E-state index is 13.9. The summed E-state index contributed by atoms with van der Waals surface area (Å²) >= 11 is 0. The molecule has 0 saturated carbocycles. The first-order chi connectivity index (χ1) is 22.0. The van der Waals surface area contributed by atoms with Gasteiger partial charge in [0.15, 0.2) is 6.61 Å². The Balaban J connectivity index is 1.61. The number of rotatable bonds is 7. The van der Waals surface area contributed by atoms with Crippen molar-refractivity contribution in [2.24, 2.45) is 5.92 Å². The molecule has 5 amide bonds. The first-order valence-electron chi connectivity index (χ1n) is 15.8. The van der Waals surface area contributed by atoms with Crippen LogP contribution in [0.15, 0.2) is 48.5 Å². The van der Waals surface area contributed by atoms with Gasteiger partial charge in [-0.3, -0.25) is 24.0 Å². The smallest absolute Gasteiger partial charge is 0.261 e. The van der Waals surface area contributed by atoms with Gasteiger partial charge in [-0.2, -0.15) is 0 Å². The van der Waals surface area contributed by atoms with Crippen LogP contribution in [0.5, 0.6) is 5.75 Å². The van der Waals surface area contributed by atoms with Gasteiger partial charge in [0.05, 0.1) is 12.6 Å². The van der Waals surface area contributed by atoms with Gasteiger partial charge in [-0.1, -0.05) is 56.7 Å². The van der Waals surface area contributed by atoms with Crippen LogP contribution in [-0.2, 0) is 30.4 Å². The Morgan fingerprint density at radius 3 is 2.46 bits per heavy atom. The van der Waals surface area contributed by atoms with Crippen LogP contribution in [-0.4, -0.2) is 101 Å². The number of nitrogens with zero attached hydrogens (tertiary/aromatic N) is 2. The van der Waals surface area contributed by atoms with Crippen LogP contribution in [0.25, 0.3) is 0 Å². The van der Waals surface area contributed by atoms with Crippen molar-refractivity contribution in [2.75, 3.05) is 32.8 Å². The van der Waals surface area contributed by atoms with E-state index >= 15 is 0 Å². The van der Waals surface area contributed by atoms with Gasteiger partial charge in [-0.05, 0) is 48.6 Å².